The first kappa shape index (κ1) is 13.1. The highest BCUT2D eigenvalue weighted by molar-refractivity contribution is 7.99. The standard InChI is InChI=1S/C18H25NS/c1-12-2-3-16(19)17(4-12)20-11-18-8-13-5-14(9-18)7-15(6-13)10-18/h2-4,13-15H,5-11,19H2,1H3. The van der Waals surface area contributed by atoms with Crippen LogP contribution in [0.3, 0.4) is 0 Å². The van der Waals surface area contributed by atoms with Gasteiger partial charge in [-0.1, -0.05) is 6.07 Å². The van der Waals surface area contributed by atoms with E-state index in [0.717, 1.165) is 23.4 Å². The lowest BCUT2D eigenvalue weighted by Gasteiger charge is -2.56. The summed E-state index contributed by atoms with van der Waals surface area (Å²) in [6.07, 6.45) is 9.11. The molecule has 108 valence electrons. The summed E-state index contributed by atoms with van der Waals surface area (Å²) in [5, 5.41) is 0. The van der Waals surface area contributed by atoms with E-state index >= 15 is 0 Å². The Hall–Kier alpha value is -0.630. The number of hydrogen-bond donors (Lipinski definition) is 1. The zero-order valence-electron chi connectivity index (χ0n) is 12.4. The quantitative estimate of drug-likeness (QED) is 0.633. The average molecular weight is 287 g/mol. The molecule has 0 aromatic heterocycles. The molecule has 0 atom stereocenters. The van der Waals surface area contributed by atoms with Crippen molar-refractivity contribution in [3.63, 3.8) is 0 Å². The highest BCUT2D eigenvalue weighted by atomic mass is 32.2. The molecule has 2 heteroatoms. The lowest BCUT2D eigenvalue weighted by Crippen LogP contribution is -2.47. The van der Waals surface area contributed by atoms with Crippen LogP contribution in [0, 0.1) is 30.1 Å². The number of rotatable bonds is 3. The molecule has 20 heavy (non-hydrogen) atoms. The van der Waals surface area contributed by atoms with E-state index in [1.807, 2.05) is 11.8 Å². The highest BCUT2D eigenvalue weighted by Crippen LogP contribution is 2.61. The average Bonchev–Trinajstić information content (AvgIpc) is 2.38. The van der Waals surface area contributed by atoms with E-state index in [2.05, 4.69) is 25.1 Å². The molecule has 4 saturated carbocycles. The van der Waals surface area contributed by atoms with Gasteiger partial charge in [-0.05, 0) is 86.3 Å². The van der Waals surface area contributed by atoms with Crippen LogP contribution < -0.4 is 5.73 Å². The van der Waals surface area contributed by atoms with Crippen LogP contribution in [0.25, 0.3) is 0 Å². The van der Waals surface area contributed by atoms with Crippen molar-refractivity contribution in [2.45, 2.75) is 50.3 Å². The molecule has 0 unspecified atom stereocenters. The molecule has 4 bridgehead atoms. The maximum atomic E-state index is 6.15. The Morgan fingerprint density at radius 1 is 1.10 bits per heavy atom. The summed E-state index contributed by atoms with van der Waals surface area (Å²) in [5.74, 6) is 4.45. The Morgan fingerprint density at radius 2 is 1.70 bits per heavy atom. The molecule has 0 aliphatic heterocycles. The van der Waals surface area contributed by atoms with Crippen molar-refractivity contribution in [2.75, 3.05) is 11.5 Å². The molecule has 4 aliphatic carbocycles. The summed E-state index contributed by atoms with van der Waals surface area (Å²) >= 11 is 2.02. The number of thioether (sulfide) groups is 1. The second-order valence-electron chi connectivity index (χ2n) is 7.75. The topological polar surface area (TPSA) is 26.0 Å². The van der Waals surface area contributed by atoms with Crippen LogP contribution in [0.5, 0.6) is 0 Å². The van der Waals surface area contributed by atoms with E-state index in [-0.39, 0.29) is 0 Å². The molecular formula is C18H25NS. The van der Waals surface area contributed by atoms with Gasteiger partial charge in [0.25, 0.3) is 0 Å². The maximum absolute atomic E-state index is 6.15. The minimum atomic E-state index is 0.648. The molecule has 2 N–H and O–H groups in total. The monoisotopic (exact) mass is 287 g/mol. The molecule has 0 spiro atoms. The lowest BCUT2D eigenvalue weighted by atomic mass is 9.50. The van der Waals surface area contributed by atoms with Crippen LogP contribution in [0.15, 0.2) is 23.1 Å². The maximum Gasteiger partial charge on any atom is 0.0452 e. The molecule has 0 amide bonds. The molecular weight excluding hydrogens is 262 g/mol. The third kappa shape index (κ3) is 2.26. The van der Waals surface area contributed by atoms with Gasteiger partial charge in [-0.2, -0.15) is 0 Å². The van der Waals surface area contributed by atoms with Gasteiger partial charge in [0.05, 0.1) is 0 Å². The number of hydrogen-bond acceptors (Lipinski definition) is 2. The Labute approximate surface area is 126 Å². The minimum Gasteiger partial charge on any atom is -0.398 e. The van der Waals surface area contributed by atoms with E-state index in [4.69, 9.17) is 5.73 Å². The van der Waals surface area contributed by atoms with Crippen molar-refractivity contribution < 1.29 is 0 Å². The Bertz CT molecular complexity index is 487. The predicted octanol–water partition coefficient (Wildman–Crippen LogP) is 4.89. The van der Waals surface area contributed by atoms with E-state index in [9.17, 15) is 0 Å². The number of aryl methyl sites for hydroxylation is 1. The van der Waals surface area contributed by atoms with E-state index in [1.54, 1.807) is 0 Å². The highest BCUT2D eigenvalue weighted by Gasteiger charge is 2.50. The van der Waals surface area contributed by atoms with E-state index in [1.165, 1.54) is 54.7 Å². The number of nitrogens with two attached hydrogens (primary N) is 1. The van der Waals surface area contributed by atoms with Gasteiger partial charge < -0.3 is 5.73 Å². The smallest absolute Gasteiger partial charge is 0.0452 e. The van der Waals surface area contributed by atoms with Crippen molar-refractivity contribution in [3.8, 4) is 0 Å². The van der Waals surface area contributed by atoms with Gasteiger partial charge in [0, 0.05) is 16.3 Å². The summed E-state index contributed by atoms with van der Waals surface area (Å²) < 4.78 is 0. The molecule has 0 heterocycles. The Morgan fingerprint density at radius 3 is 2.30 bits per heavy atom. The van der Waals surface area contributed by atoms with Gasteiger partial charge >= 0.3 is 0 Å². The van der Waals surface area contributed by atoms with Gasteiger partial charge in [0.1, 0.15) is 0 Å². The van der Waals surface area contributed by atoms with Crippen molar-refractivity contribution in [1.29, 1.82) is 0 Å². The van der Waals surface area contributed by atoms with Crippen LogP contribution in [-0.4, -0.2) is 5.75 Å². The summed E-state index contributed by atoms with van der Waals surface area (Å²) in [4.78, 5) is 1.31. The third-order valence-corrected chi connectivity index (χ3v) is 7.29. The predicted molar refractivity (Wildman–Crippen MR) is 86.9 cm³/mol. The molecule has 0 radical (unpaired) electrons. The zero-order chi connectivity index (χ0) is 13.7. The SMILES string of the molecule is Cc1ccc(N)c(SCC23CC4CC(CC(C4)C2)C3)c1. The van der Waals surface area contributed by atoms with Gasteiger partial charge in [0.15, 0.2) is 0 Å². The minimum absolute atomic E-state index is 0.648. The van der Waals surface area contributed by atoms with E-state index < -0.39 is 0 Å². The van der Waals surface area contributed by atoms with Crippen LogP contribution in [0.4, 0.5) is 5.69 Å². The normalized spacial score (nSPS) is 38.4. The molecule has 4 fully saturated rings. The summed E-state index contributed by atoms with van der Waals surface area (Å²) in [6, 6.07) is 6.45. The molecule has 1 aromatic rings. The molecule has 0 saturated heterocycles. The summed E-state index contributed by atoms with van der Waals surface area (Å²) in [6.45, 7) is 2.16. The van der Waals surface area contributed by atoms with Crippen LogP contribution in [-0.2, 0) is 0 Å². The Kier molecular flexibility index (Phi) is 3.06. The molecule has 1 nitrogen and oxygen atoms in total. The second-order valence-corrected chi connectivity index (χ2v) is 8.76. The second kappa shape index (κ2) is 4.69. The molecule has 5 rings (SSSR count). The van der Waals surface area contributed by atoms with Gasteiger partial charge in [-0.25, -0.2) is 0 Å². The molecule has 1 aromatic carbocycles. The van der Waals surface area contributed by atoms with Crippen LogP contribution >= 0.6 is 11.8 Å². The number of anilines is 1. The number of nitrogen functional groups attached to an aromatic ring is 1. The number of benzene rings is 1. The van der Waals surface area contributed by atoms with Crippen LogP contribution in [0.1, 0.15) is 44.1 Å². The first-order valence-corrected chi connectivity index (χ1v) is 9.09. The van der Waals surface area contributed by atoms with Crippen molar-refractivity contribution >= 4 is 17.4 Å². The first-order chi connectivity index (χ1) is 9.62. The van der Waals surface area contributed by atoms with Gasteiger partial charge in [-0.3, -0.25) is 0 Å². The third-order valence-electron chi connectivity index (χ3n) is 5.87. The van der Waals surface area contributed by atoms with Gasteiger partial charge in [0.2, 0.25) is 0 Å². The van der Waals surface area contributed by atoms with Gasteiger partial charge in [-0.15, -0.1) is 11.8 Å². The summed E-state index contributed by atoms with van der Waals surface area (Å²) in [5.41, 5.74) is 9.08. The zero-order valence-corrected chi connectivity index (χ0v) is 13.2. The summed E-state index contributed by atoms with van der Waals surface area (Å²) in [7, 11) is 0. The van der Waals surface area contributed by atoms with Crippen LogP contribution in [0.2, 0.25) is 0 Å². The van der Waals surface area contributed by atoms with Crippen molar-refractivity contribution in [3.05, 3.63) is 23.8 Å². The van der Waals surface area contributed by atoms with Crippen molar-refractivity contribution in [2.24, 2.45) is 23.2 Å². The fourth-order valence-corrected chi connectivity index (χ4v) is 6.78. The Balaban J connectivity index is 1.50. The first-order valence-electron chi connectivity index (χ1n) is 8.11. The van der Waals surface area contributed by atoms with E-state index in [0.29, 0.717) is 5.41 Å². The molecule has 4 aliphatic rings. The largest absolute Gasteiger partial charge is 0.398 e. The fourth-order valence-electron chi connectivity index (χ4n) is 5.46. The lowest BCUT2D eigenvalue weighted by molar-refractivity contribution is -0.0381. The van der Waals surface area contributed by atoms with Crippen molar-refractivity contribution in [1.82, 2.24) is 0 Å². The fraction of sp³-hybridized carbons (Fsp3) is 0.667.